The molecule has 1 N–H and O–H groups in total. The summed E-state index contributed by atoms with van der Waals surface area (Å²) in [5.74, 6) is -0.813. The molecule has 4 nitrogen and oxygen atoms in total. The van der Waals surface area contributed by atoms with E-state index in [0.717, 1.165) is 0 Å². The van der Waals surface area contributed by atoms with Gasteiger partial charge in [-0.15, -0.1) is 0 Å². The van der Waals surface area contributed by atoms with E-state index < -0.39 is 0 Å². The average Bonchev–Trinajstić information content (AvgIpc) is 2.58. The van der Waals surface area contributed by atoms with E-state index in [4.69, 9.17) is 0 Å². The first-order chi connectivity index (χ1) is 11.0. The van der Waals surface area contributed by atoms with Gasteiger partial charge in [-0.25, -0.2) is 4.39 Å². The van der Waals surface area contributed by atoms with Crippen molar-refractivity contribution in [3.8, 4) is 0 Å². The molecule has 2 aromatic rings. The minimum atomic E-state index is -0.366. The molecule has 0 spiro atoms. The van der Waals surface area contributed by atoms with Crippen molar-refractivity contribution in [1.29, 1.82) is 0 Å². The van der Waals surface area contributed by atoms with E-state index in [2.05, 4.69) is 5.32 Å². The summed E-state index contributed by atoms with van der Waals surface area (Å²) < 4.78 is 12.9. The average molecular weight is 314 g/mol. The van der Waals surface area contributed by atoms with Crippen molar-refractivity contribution in [3.05, 3.63) is 65.5 Å². The van der Waals surface area contributed by atoms with E-state index in [1.165, 1.54) is 24.3 Å². The van der Waals surface area contributed by atoms with Crippen LogP contribution in [0.1, 0.15) is 34.6 Å². The normalized spacial score (nSPS) is 10.2. The van der Waals surface area contributed by atoms with Crippen LogP contribution in [-0.2, 0) is 0 Å². The van der Waals surface area contributed by atoms with Crippen LogP contribution in [0, 0.1) is 5.82 Å². The molecule has 0 aliphatic rings. The molecule has 0 bridgehead atoms. The lowest BCUT2D eigenvalue weighted by atomic mass is 10.1. The van der Waals surface area contributed by atoms with Gasteiger partial charge in [0.1, 0.15) is 5.82 Å². The minimum Gasteiger partial charge on any atom is -0.339 e. The lowest BCUT2D eigenvalue weighted by molar-refractivity contribution is 0.0773. The highest BCUT2D eigenvalue weighted by molar-refractivity contribution is 6.06. The second-order valence-corrected chi connectivity index (χ2v) is 5.02. The molecule has 2 aromatic carbocycles. The second-order valence-electron chi connectivity index (χ2n) is 5.02. The van der Waals surface area contributed by atoms with Gasteiger partial charge < -0.3 is 10.2 Å². The molecule has 0 aliphatic heterocycles. The number of carbonyl (C=O) groups is 2. The Labute approximate surface area is 134 Å². The topological polar surface area (TPSA) is 49.4 Å². The van der Waals surface area contributed by atoms with Gasteiger partial charge in [-0.3, -0.25) is 9.59 Å². The smallest absolute Gasteiger partial charge is 0.255 e. The SMILES string of the molecule is CCN(CC)C(=O)c1cccc(C(=O)Nc2ccc(F)cc2)c1. The third-order valence-corrected chi connectivity index (χ3v) is 3.52. The Balaban J connectivity index is 2.17. The Morgan fingerprint density at radius 1 is 1.00 bits per heavy atom. The molecule has 2 amide bonds. The zero-order valence-corrected chi connectivity index (χ0v) is 13.2. The van der Waals surface area contributed by atoms with Crippen LogP contribution < -0.4 is 5.32 Å². The molecule has 5 heteroatoms. The monoisotopic (exact) mass is 314 g/mol. The predicted octanol–water partition coefficient (Wildman–Crippen LogP) is 3.56. The van der Waals surface area contributed by atoms with Crippen LogP contribution in [-0.4, -0.2) is 29.8 Å². The molecule has 0 radical (unpaired) electrons. The first-order valence-corrected chi connectivity index (χ1v) is 7.51. The number of anilines is 1. The van der Waals surface area contributed by atoms with Gasteiger partial charge in [0, 0.05) is 29.9 Å². The zero-order chi connectivity index (χ0) is 16.8. The summed E-state index contributed by atoms with van der Waals surface area (Å²) in [6, 6.07) is 12.1. The maximum atomic E-state index is 12.9. The van der Waals surface area contributed by atoms with E-state index in [9.17, 15) is 14.0 Å². The summed E-state index contributed by atoms with van der Waals surface area (Å²) >= 11 is 0. The maximum Gasteiger partial charge on any atom is 0.255 e. The summed E-state index contributed by atoms with van der Waals surface area (Å²) in [7, 11) is 0. The highest BCUT2D eigenvalue weighted by Gasteiger charge is 2.14. The first-order valence-electron chi connectivity index (χ1n) is 7.51. The number of hydrogen-bond donors (Lipinski definition) is 1. The van der Waals surface area contributed by atoms with Gasteiger partial charge in [0.05, 0.1) is 0 Å². The Kier molecular flexibility index (Phi) is 5.46. The van der Waals surface area contributed by atoms with E-state index in [1.807, 2.05) is 13.8 Å². The third-order valence-electron chi connectivity index (χ3n) is 3.52. The second kappa shape index (κ2) is 7.54. The lowest BCUT2D eigenvalue weighted by Crippen LogP contribution is -2.30. The number of hydrogen-bond acceptors (Lipinski definition) is 2. The van der Waals surface area contributed by atoms with Crippen LogP contribution in [0.25, 0.3) is 0 Å². The quantitative estimate of drug-likeness (QED) is 0.917. The van der Waals surface area contributed by atoms with Gasteiger partial charge in [-0.1, -0.05) is 6.07 Å². The summed E-state index contributed by atoms with van der Waals surface area (Å²) in [5.41, 5.74) is 1.35. The van der Waals surface area contributed by atoms with Crippen molar-refractivity contribution in [2.75, 3.05) is 18.4 Å². The molecule has 0 aromatic heterocycles. The van der Waals surface area contributed by atoms with Gasteiger partial charge in [-0.05, 0) is 56.3 Å². The fraction of sp³-hybridized carbons (Fsp3) is 0.222. The Hall–Kier alpha value is -2.69. The number of benzene rings is 2. The Morgan fingerprint density at radius 3 is 2.22 bits per heavy atom. The number of nitrogens with one attached hydrogen (secondary N) is 1. The fourth-order valence-corrected chi connectivity index (χ4v) is 2.22. The Morgan fingerprint density at radius 2 is 1.61 bits per heavy atom. The first kappa shape index (κ1) is 16.7. The van der Waals surface area contributed by atoms with E-state index in [1.54, 1.807) is 29.2 Å². The number of nitrogens with zero attached hydrogens (tertiary/aromatic N) is 1. The van der Waals surface area contributed by atoms with Crippen LogP contribution in [0.4, 0.5) is 10.1 Å². The van der Waals surface area contributed by atoms with Crippen LogP contribution >= 0.6 is 0 Å². The summed E-state index contributed by atoms with van der Waals surface area (Å²) in [6.07, 6.45) is 0. The van der Waals surface area contributed by atoms with Crippen LogP contribution in [0.5, 0.6) is 0 Å². The van der Waals surface area contributed by atoms with Crippen molar-refractivity contribution < 1.29 is 14.0 Å². The van der Waals surface area contributed by atoms with Crippen LogP contribution in [0.2, 0.25) is 0 Å². The number of amides is 2. The van der Waals surface area contributed by atoms with Crippen molar-refractivity contribution in [1.82, 2.24) is 4.90 Å². The van der Waals surface area contributed by atoms with Gasteiger partial charge in [0.15, 0.2) is 0 Å². The predicted molar refractivity (Wildman–Crippen MR) is 88.0 cm³/mol. The molecule has 2 rings (SSSR count). The molecule has 0 unspecified atom stereocenters. The lowest BCUT2D eigenvalue weighted by Gasteiger charge is -2.18. The van der Waals surface area contributed by atoms with E-state index in [-0.39, 0.29) is 17.6 Å². The summed E-state index contributed by atoms with van der Waals surface area (Å²) in [5, 5.41) is 2.68. The number of halogens is 1. The third kappa shape index (κ3) is 4.16. The number of carbonyl (C=O) groups excluding carboxylic acids is 2. The van der Waals surface area contributed by atoms with Gasteiger partial charge >= 0.3 is 0 Å². The van der Waals surface area contributed by atoms with Crippen LogP contribution in [0.3, 0.4) is 0 Å². The van der Waals surface area contributed by atoms with Crippen molar-refractivity contribution in [2.24, 2.45) is 0 Å². The van der Waals surface area contributed by atoms with Gasteiger partial charge in [0.25, 0.3) is 11.8 Å². The molecule has 23 heavy (non-hydrogen) atoms. The standard InChI is InChI=1S/C18H19FN2O2/c1-3-21(4-2)18(23)14-7-5-6-13(12-14)17(22)20-16-10-8-15(19)9-11-16/h5-12H,3-4H2,1-2H3,(H,20,22). The fourth-order valence-electron chi connectivity index (χ4n) is 2.22. The molecular weight excluding hydrogens is 295 g/mol. The molecule has 0 saturated carbocycles. The largest absolute Gasteiger partial charge is 0.339 e. The van der Waals surface area contributed by atoms with Crippen molar-refractivity contribution >= 4 is 17.5 Å². The molecular formula is C18H19FN2O2. The molecule has 120 valence electrons. The van der Waals surface area contributed by atoms with Gasteiger partial charge in [-0.2, -0.15) is 0 Å². The minimum absolute atomic E-state index is 0.105. The van der Waals surface area contributed by atoms with E-state index in [0.29, 0.717) is 29.9 Å². The molecule has 0 heterocycles. The molecule has 0 aliphatic carbocycles. The summed E-state index contributed by atoms with van der Waals surface area (Å²) in [4.78, 5) is 26.3. The molecule has 0 atom stereocenters. The van der Waals surface area contributed by atoms with Crippen molar-refractivity contribution in [3.63, 3.8) is 0 Å². The van der Waals surface area contributed by atoms with E-state index >= 15 is 0 Å². The highest BCUT2D eigenvalue weighted by Crippen LogP contribution is 2.13. The van der Waals surface area contributed by atoms with Crippen molar-refractivity contribution in [2.45, 2.75) is 13.8 Å². The zero-order valence-electron chi connectivity index (χ0n) is 13.2. The molecule has 0 saturated heterocycles. The molecule has 0 fully saturated rings. The Bertz CT molecular complexity index is 694. The summed E-state index contributed by atoms with van der Waals surface area (Å²) in [6.45, 7) is 5.04. The van der Waals surface area contributed by atoms with Gasteiger partial charge in [0.2, 0.25) is 0 Å². The maximum absolute atomic E-state index is 12.9. The highest BCUT2D eigenvalue weighted by atomic mass is 19.1. The number of rotatable bonds is 5. The van der Waals surface area contributed by atoms with Crippen LogP contribution in [0.15, 0.2) is 48.5 Å².